The second-order valence-corrected chi connectivity index (χ2v) is 5.01. The number of likely N-dealkylation sites (N-methyl/N-ethyl adjacent to an activating group) is 1. The highest BCUT2D eigenvalue weighted by Crippen LogP contribution is 2.22. The molecule has 0 bridgehead atoms. The van der Waals surface area contributed by atoms with E-state index in [1.54, 1.807) is 9.80 Å². The van der Waals surface area contributed by atoms with Crippen molar-refractivity contribution in [2.45, 2.75) is 25.5 Å². The van der Waals surface area contributed by atoms with Crippen molar-refractivity contribution < 1.29 is 24.5 Å². The Labute approximate surface area is 111 Å². The largest absolute Gasteiger partial charge is 0.481 e. The van der Waals surface area contributed by atoms with Gasteiger partial charge < -0.3 is 24.7 Å². The van der Waals surface area contributed by atoms with Gasteiger partial charge in [-0.1, -0.05) is 0 Å². The fraction of sp³-hybridized carbons (Fsp3) is 0.833. The number of aliphatic hydroxyl groups is 1. The number of carboxylic acids is 1. The molecule has 7 heteroatoms. The van der Waals surface area contributed by atoms with E-state index in [0.29, 0.717) is 26.1 Å². The summed E-state index contributed by atoms with van der Waals surface area (Å²) in [5.74, 6) is -1.60. The smallest absolute Gasteiger partial charge is 0.320 e. The van der Waals surface area contributed by atoms with Crippen LogP contribution in [0.4, 0.5) is 4.79 Å². The summed E-state index contributed by atoms with van der Waals surface area (Å²) in [6.45, 7) is 3.49. The fourth-order valence-electron chi connectivity index (χ4n) is 2.69. The first-order valence-electron chi connectivity index (χ1n) is 6.58. The first-order valence-corrected chi connectivity index (χ1v) is 6.58. The summed E-state index contributed by atoms with van der Waals surface area (Å²) in [4.78, 5) is 26.6. The monoisotopic (exact) mass is 272 g/mol. The van der Waals surface area contributed by atoms with Crippen molar-refractivity contribution in [3.8, 4) is 0 Å². The topological polar surface area (TPSA) is 90.3 Å². The van der Waals surface area contributed by atoms with Gasteiger partial charge in [0.1, 0.15) is 5.92 Å². The minimum Gasteiger partial charge on any atom is -0.481 e. The number of rotatable bonds is 3. The second kappa shape index (κ2) is 5.75. The number of hydrogen-bond donors (Lipinski definition) is 2. The van der Waals surface area contributed by atoms with E-state index in [9.17, 15) is 14.7 Å². The maximum Gasteiger partial charge on any atom is 0.320 e. The zero-order chi connectivity index (χ0) is 14.0. The number of ether oxygens (including phenoxy) is 1. The van der Waals surface area contributed by atoms with Gasteiger partial charge in [-0.15, -0.1) is 0 Å². The molecule has 2 saturated heterocycles. The molecule has 2 amide bonds. The predicted molar refractivity (Wildman–Crippen MR) is 65.7 cm³/mol. The molecule has 7 nitrogen and oxygen atoms in total. The number of carboxylic acid groups (broad SMARTS) is 1. The molecule has 0 spiro atoms. The van der Waals surface area contributed by atoms with E-state index in [1.165, 1.54) is 0 Å². The summed E-state index contributed by atoms with van der Waals surface area (Å²) < 4.78 is 5.21. The number of nitrogens with zero attached hydrogens (tertiary/aromatic N) is 2. The molecule has 2 N–H and O–H groups in total. The molecule has 19 heavy (non-hydrogen) atoms. The van der Waals surface area contributed by atoms with Crippen molar-refractivity contribution in [2.24, 2.45) is 5.92 Å². The lowest BCUT2D eigenvalue weighted by Crippen LogP contribution is -2.51. The van der Waals surface area contributed by atoms with Crippen molar-refractivity contribution in [3.05, 3.63) is 0 Å². The van der Waals surface area contributed by atoms with Crippen molar-refractivity contribution >= 4 is 12.0 Å². The minimum absolute atomic E-state index is 0.145. The zero-order valence-corrected chi connectivity index (χ0v) is 11.0. The molecule has 0 aromatic heterocycles. The highest BCUT2D eigenvalue weighted by Gasteiger charge is 2.41. The first kappa shape index (κ1) is 14.1. The molecule has 0 aromatic carbocycles. The number of urea groups is 1. The average molecular weight is 272 g/mol. The van der Waals surface area contributed by atoms with Gasteiger partial charge in [0, 0.05) is 19.6 Å². The van der Waals surface area contributed by atoms with Crippen LogP contribution in [0, 0.1) is 5.92 Å². The number of aliphatic hydroxyl groups excluding tert-OH is 1. The molecule has 108 valence electrons. The number of hydrogen-bond acceptors (Lipinski definition) is 4. The molecule has 3 unspecified atom stereocenters. The SMILES string of the molecule is CCN(C(=O)N1CCC(O)C1)C1COCC1C(=O)O. The Hall–Kier alpha value is -1.34. The Morgan fingerprint density at radius 1 is 1.42 bits per heavy atom. The zero-order valence-electron chi connectivity index (χ0n) is 11.0. The van der Waals surface area contributed by atoms with Gasteiger partial charge in [0.05, 0.1) is 25.4 Å². The molecule has 2 aliphatic rings. The molecule has 2 fully saturated rings. The van der Waals surface area contributed by atoms with Gasteiger partial charge in [0.25, 0.3) is 0 Å². The third kappa shape index (κ3) is 2.82. The lowest BCUT2D eigenvalue weighted by Gasteiger charge is -2.32. The molecule has 0 aliphatic carbocycles. The molecular weight excluding hydrogens is 252 g/mol. The van der Waals surface area contributed by atoms with E-state index in [2.05, 4.69) is 0 Å². The van der Waals surface area contributed by atoms with Gasteiger partial charge in [0.15, 0.2) is 0 Å². The molecule has 2 rings (SSSR count). The van der Waals surface area contributed by atoms with Crippen LogP contribution in [-0.4, -0.2) is 77.0 Å². The maximum atomic E-state index is 12.4. The molecular formula is C12H20N2O5. The number of amides is 2. The van der Waals surface area contributed by atoms with E-state index in [1.807, 2.05) is 6.92 Å². The van der Waals surface area contributed by atoms with Crippen LogP contribution in [0.3, 0.4) is 0 Å². The van der Waals surface area contributed by atoms with E-state index >= 15 is 0 Å². The summed E-state index contributed by atoms with van der Waals surface area (Å²) in [6, 6.07) is -0.631. The lowest BCUT2D eigenvalue weighted by molar-refractivity contribution is -0.142. The van der Waals surface area contributed by atoms with E-state index in [4.69, 9.17) is 9.84 Å². The van der Waals surface area contributed by atoms with Crippen molar-refractivity contribution in [3.63, 3.8) is 0 Å². The third-order valence-corrected chi connectivity index (χ3v) is 3.79. The average Bonchev–Trinajstić information content (AvgIpc) is 2.98. The van der Waals surface area contributed by atoms with Crippen molar-refractivity contribution in [1.82, 2.24) is 9.80 Å². The van der Waals surface area contributed by atoms with Crippen LogP contribution < -0.4 is 0 Å². The Bertz CT molecular complexity index is 362. The summed E-state index contributed by atoms with van der Waals surface area (Å²) in [5, 5.41) is 18.6. The lowest BCUT2D eigenvalue weighted by atomic mass is 10.0. The fourth-order valence-corrected chi connectivity index (χ4v) is 2.69. The Morgan fingerprint density at radius 2 is 2.16 bits per heavy atom. The summed E-state index contributed by atoms with van der Waals surface area (Å²) in [5.41, 5.74) is 0. The molecule has 2 heterocycles. The van der Waals surface area contributed by atoms with E-state index in [-0.39, 0.29) is 19.2 Å². The van der Waals surface area contributed by atoms with Crippen LogP contribution in [-0.2, 0) is 9.53 Å². The minimum atomic E-state index is -0.935. The number of carbonyl (C=O) groups excluding carboxylic acids is 1. The number of likely N-dealkylation sites (tertiary alicyclic amines) is 1. The van der Waals surface area contributed by atoms with Gasteiger partial charge in [-0.05, 0) is 13.3 Å². The predicted octanol–water partition coefficient (Wildman–Crippen LogP) is -0.405. The quantitative estimate of drug-likeness (QED) is 0.729. The number of carbonyl (C=O) groups is 2. The Balaban J connectivity index is 2.06. The van der Waals surface area contributed by atoms with Gasteiger partial charge in [-0.2, -0.15) is 0 Å². The van der Waals surface area contributed by atoms with Crippen LogP contribution in [0.5, 0.6) is 0 Å². The first-order chi connectivity index (χ1) is 9.04. The molecule has 0 radical (unpaired) electrons. The summed E-state index contributed by atoms with van der Waals surface area (Å²) in [6.07, 6.45) is 0.102. The highest BCUT2D eigenvalue weighted by molar-refractivity contribution is 5.77. The van der Waals surface area contributed by atoms with Crippen molar-refractivity contribution in [1.29, 1.82) is 0 Å². The third-order valence-electron chi connectivity index (χ3n) is 3.79. The number of aliphatic carboxylic acids is 1. The van der Waals surface area contributed by atoms with Gasteiger partial charge in [-0.3, -0.25) is 4.79 Å². The molecule has 3 atom stereocenters. The van der Waals surface area contributed by atoms with Gasteiger partial charge in [0.2, 0.25) is 0 Å². The second-order valence-electron chi connectivity index (χ2n) is 5.01. The van der Waals surface area contributed by atoms with Gasteiger partial charge in [-0.25, -0.2) is 4.79 Å². The van der Waals surface area contributed by atoms with Gasteiger partial charge >= 0.3 is 12.0 Å². The van der Waals surface area contributed by atoms with Crippen LogP contribution in [0.1, 0.15) is 13.3 Å². The Morgan fingerprint density at radius 3 is 2.68 bits per heavy atom. The summed E-state index contributed by atoms with van der Waals surface area (Å²) in [7, 11) is 0. The van der Waals surface area contributed by atoms with Crippen LogP contribution >= 0.6 is 0 Å². The van der Waals surface area contributed by atoms with Crippen LogP contribution in [0.2, 0.25) is 0 Å². The van der Waals surface area contributed by atoms with Crippen LogP contribution in [0.15, 0.2) is 0 Å². The molecule has 0 aromatic rings. The molecule has 2 aliphatic heterocycles. The normalized spacial score (nSPS) is 30.6. The Kier molecular flexibility index (Phi) is 4.26. The maximum absolute atomic E-state index is 12.4. The highest BCUT2D eigenvalue weighted by atomic mass is 16.5. The standard InChI is InChI=1S/C12H20N2O5/c1-2-14(10-7-19-6-9(10)11(16)17)12(18)13-4-3-8(15)5-13/h8-10,15H,2-7H2,1H3,(H,16,17). The number of β-amino-alcohol motifs (C(OH)–C–C–N with tert-alkyl or cyclic N) is 1. The van der Waals surface area contributed by atoms with Crippen LogP contribution in [0.25, 0.3) is 0 Å². The summed E-state index contributed by atoms with van der Waals surface area (Å²) >= 11 is 0. The van der Waals surface area contributed by atoms with E-state index < -0.39 is 24.0 Å². The van der Waals surface area contributed by atoms with Crippen molar-refractivity contribution in [2.75, 3.05) is 32.8 Å². The van der Waals surface area contributed by atoms with E-state index in [0.717, 1.165) is 0 Å². The molecule has 0 saturated carbocycles.